The Bertz CT molecular complexity index is 897. The van der Waals surface area contributed by atoms with E-state index in [0.29, 0.717) is 5.69 Å². The molecule has 9 heteroatoms. The number of ketones is 1. The summed E-state index contributed by atoms with van der Waals surface area (Å²) in [4.78, 5) is 46.0. The van der Waals surface area contributed by atoms with Crippen LogP contribution >= 0.6 is 0 Å². The maximum Gasteiger partial charge on any atom is 0.311 e. The highest BCUT2D eigenvalue weighted by Crippen LogP contribution is 2.27. The molecule has 2 aromatic carbocycles. The number of rotatable bonds is 10. The number of hydrogen-bond acceptors (Lipinski definition) is 7. The lowest BCUT2D eigenvalue weighted by molar-refractivity contribution is -0.385. The molecule has 0 atom stereocenters. The average Bonchev–Trinajstić information content (AvgIpc) is 2.72. The van der Waals surface area contributed by atoms with Crippen molar-refractivity contribution in [1.82, 2.24) is 0 Å². The predicted molar refractivity (Wildman–Crippen MR) is 104 cm³/mol. The first-order valence-electron chi connectivity index (χ1n) is 8.77. The number of benzene rings is 2. The van der Waals surface area contributed by atoms with Gasteiger partial charge in [0.05, 0.1) is 12.0 Å². The molecule has 0 unspecified atom stereocenters. The van der Waals surface area contributed by atoms with Crippen LogP contribution in [0.1, 0.15) is 29.6 Å². The Balaban J connectivity index is 1.76. The number of nitrogens with zero attached hydrogens (tertiary/aromatic N) is 1. The molecule has 0 aliphatic rings. The number of esters is 1. The van der Waals surface area contributed by atoms with Gasteiger partial charge in [0, 0.05) is 30.2 Å². The maximum atomic E-state index is 12.1. The molecule has 1 N–H and O–H groups in total. The third kappa shape index (κ3) is 6.73. The minimum absolute atomic E-state index is 0.0253. The number of nitro groups is 1. The van der Waals surface area contributed by atoms with E-state index in [9.17, 15) is 24.5 Å². The molecule has 29 heavy (non-hydrogen) atoms. The lowest BCUT2D eigenvalue weighted by Gasteiger charge is -2.07. The summed E-state index contributed by atoms with van der Waals surface area (Å²) < 4.78 is 9.76. The van der Waals surface area contributed by atoms with E-state index in [2.05, 4.69) is 5.32 Å². The average molecular weight is 400 g/mol. The van der Waals surface area contributed by atoms with Crippen LogP contribution in [0.15, 0.2) is 48.5 Å². The standard InChI is InChI=1S/C20H20N2O7/c1-28-18-11-10-14(12-16(18)22(26)27)17(23)13-29-20(25)9-5-8-19(24)21-15-6-3-2-4-7-15/h2-4,6-7,10-12H,5,8-9,13H2,1H3,(H,21,24). The molecule has 0 aliphatic carbocycles. The van der Waals surface area contributed by atoms with E-state index in [-0.39, 0.29) is 42.2 Å². The van der Waals surface area contributed by atoms with Crippen LogP contribution in [0.4, 0.5) is 11.4 Å². The fourth-order valence-electron chi connectivity index (χ4n) is 2.45. The summed E-state index contributed by atoms with van der Waals surface area (Å²) in [6.07, 6.45) is 0.362. The van der Waals surface area contributed by atoms with Crippen molar-refractivity contribution in [2.45, 2.75) is 19.3 Å². The van der Waals surface area contributed by atoms with Crippen LogP contribution in [-0.2, 0) is 14.3 Å². The summed E-state index contributed by atoms with van der Waals surface area (Å²) in [7, 11) is 1.28. The van der Waals surface area contributed by atoms with Crippen molar-refractivity contribution in [3.05, 3.63) is 64.2 Å². The zero-order valence-electron chi connectivity index (χ0n) is 15.8. The SMILES string of the molecule is COc1ccc(C(=O)COC(=O)CCCC(=O)Nc2ccccc2)cc1[N+](=O)[O-]. The normalized spacial score (nSPS) is 10.1. The van der Waals surface area contributed by atoms with Gasteiger partial charge < -0.3 is 14.8 Å². The quantitative estimate of drug-likeness (QED) is 0.281. The number of nitrogens with one attached hydrogen (secondary N) is 1. The fraction of sp³-hybridized carbons (Fsp3) is 0.250. The summed E-state index contributed by atoms with van der Waals surface area (Å²) in [6, 6.07) is 12.7. The van der Waals surface area contributed by atoms with Gasteiger partial charge in [0.1, 0.15) is 0 Å². The molecule has 2 rings (SSSR count). The Hall–Kier alpha value is -3.75. The van der Waals surface area contributed by atoms with E-state index >= 15 is 0 Å². The molecule has 0 saturated heterocycles. The van der Waals surface area contributed by atoms with Crippen molar-refractivity contribution < 1.29 is 28.8 Å². The van der Waals surface area contributed by atoms with Crippen molar-refractivity contribution >= 4 is 29.0 Å². The molecular formula is C20H20N2O7. The van der Waals surface area contributed by atoms with Gasteiger partial charge in [0.2, 0.25) is 11.7 Å². The van der Waals surface area contributed by atoms with Crippen LogP contribution in [-0.4, -0.2) is 36.3 Å². The van der Waals surface area contributed by atoms with Gasteiger partial charge in [0.15, 0.2) is 12.4 Å². The number of nitro benzene ring substituents is 1. The molecule has 1 amide bonds. The summed E-state index contributed by atoms with van der Waals surface area (Å²) in [5, 5.41) is 13.7. The second-order valence-electron chi connectivity index (χ2n) is 6.00. The zero-order chi connectivity index (χ0) is 21.2. The Labute approximate surface area is 166 Å². The van der Waals surface area contributed by atoms with Crippen molar-refractivity contribution in [2.24, 2.45) is 0 Å². The molecule has 0 saturated carbocycles. The van der Waals surface area contributed by atoms with E-state index in [4.69, 9.17) is 9.47 Å². The molecule has 9 nitrogen and oxygen atoms in total. The third-order valence-electron chi connectivity index (χ3n) is 3.90. The monoisotopic (exact) mass is 400 g/mol. The third-order valence-corrected chi connectivity index (χ3v) is 3.90. The summed E-state index contributed by atoms with van der Waals surface area (Å²) in [5.41, 5.74) is 0.348. The molecule has 0 spiro atoms. The number of para-hydroxylation sites is 1. The number of ether oxygens (including phenoxy) is 2. The van der Waals surface area contributed by atoms with E-state index in [1.165, 1.54) is 19.2 Å². The lowest BCUT2D eigenvalue weighted by Crippen LogP contribution is -2.15. The summed E-state index contributed by atoms with van der Waals surface area (Å²) >= 11 is 0. The van der Waals surface area contributed by atoms with Crippen molar-refractivity contribution in [1.29, 1.82) is 0 Å². The Kier molecular flexibility index (Phi) is 7.84. The molecule has 152 valence electrons. The predicted octanol–water partition coefficient (Wildman–Crippen LogP) is 3.14. The first kappa shape index (κ1) is 21.5. The van der Waals surface area contributed by atoms with Gasteiger partial charge in [-0.25, -0.2) is 0 Å². The molecule has 0 aromatic heterocycles. The molecule has 0 radical (unpaired) electrons. The molecule has 0 fully saturated rings. The largest absolute Gasteiger partial charge is 0.490 e. The van der Waals surface area contributed by atoms with Crippen LogP contribution in [0.5, 0.6) is 5.75 Å². The second-order valence-corrected chi connectivity index (χ2v) is 6.00. The molecule has 0 aliphatic heterocycles. The van der Waals surface area contributed by atoms with Crippen LogP contribution in [0, 0.1) is 10.1 Å². The topological polar surface area (TPSA) is 125 Å². The zero-order valence-corrected chi connectivity index (χ0v) is 15.8. The number of methoxy groups -OCH3 is 1. The lowest BCUT2D eigenvalue weighted by atomic mass is 10.1. The van der Waals surface area contributed by atoms with Gasteiger partial charge in [-0.1, -0.05) is 18.2 Å². The Morgan fingerprint density at radius 1 is 1.07 bits per heavy atom. The number of carbonyl (C=O) groups excluding carboxylic acids is 3. The Morgan fingerprint density at radius 2 is 1.79 bits per heavy atom. The number of carbonyl (C=O) groups is 3. The maximum absolute atomic E-state index is 12.1. The number of hydrogen-bond donors (Lipinski definition) is 1. The number of Topliss-reactive ketones (excluding diaryl/α,β-unsaturated/α-hetero) is 1. The highest BCUT2D eigenvalue weighted by Gasteiger charge is 2.19. The van der Waals surface area contributed by atoms with Crippen LogP contribution in [0.25, 0.3) is 0 Å². The highest BCUT2D eigenvalue weighted by atomic mass is 16.6. The van der Waals surface area contributed by atoms with Gasteiger partial charge in [-0.15, -0.1) is 0 Å². The molecule has 0 bridgehead atoms. The van der Waals surface area contributed by atoms with Crippen LogP contribution < -0.4 is 10.1 Å². The van der Waals surface area contributed by atoms with E-state index in [1.807, 2.05) is 6.07 Å². The molecule has 0 heterocycles. The van der Waals surface area contributed by atoms with Crippen molar-refractivity contribution in [3.8, 4) is 5.75 Å². The van der Waals surface area contributed by atoms with Crippen LogP contribution in [0.2, 0.25) is 0 Å². The van der Waals surface area contributed by atoms with E-state index in [1.54, 1.807) is 24.3 Å². The summed E-state index contributed by atoms with van der Waals surface area (Å²) in [6.45, 7) is -0.543. The minimum Gasteiger partial charge on any atom is -0.490 e. The molecular weight excluding hydrogens is 380 g/mol. The van der Waals surface area contributed by atoms with Gasteiger partial charge in [-0.3, -0.25) is 24.5 Å². The highest BCUT2D eigenvalue weighted by molar-refractivity contribution is 5.98. The van der Waals surface area contributed by atoms with Gasteiger partial charge >= 0.3 is 11.7 Å². The number of amides is 1. The number of anilines is 1. The second kappa shape index (κ2) is 10.5. The van der Waals surface area contributed by atoms with Crippen molar-refractivity contribution in [3.63, 3.8) is 0 Å². The Morgan fingerprint density at radius 3 is 2.45 bits per heavy atom. The first-order chi connectivity index (χ1) is 13.9. The fourth-order valence-corrected chi connectivity index (χ4v) is 2.45. The first-order valence-corrected chi connectivity index (χ1v) is 8.77. The minimum atomic E-state index is -0.665. The smallest absolute Gasteiger partial charge is 0.311 e. The van der Waals surface area contributed by atoms with E-state index < -0.39 is 23.3 Å². The van der Waals surface area contributed by atoms with Gasteiger partial charge in [-0.05, 0) is 30.7 Å². The van der Waals surface area contributed by atoms with Gasteiger partial charge in [0.25, 0.3) is 0 Å². The summed E-state index contributed by atoms with van der Waals surface area (Å²) in [5.74, 6) is -1.41. The van der Waals surface area contributed by atoms with Crippen molar-refractivity contribution in [2.75, 3.05) is 19.0 Å². The van der Waals surface area contributed by atoms with E-state index in [0.717, 1.165) is 6.07 Å². The van der Waals surface area contributed by atoms with Crippen LogP contribution in [0.3, 0.4) is 0 Å². The molecule has 2 aromatic rings. The van der Waals surface area contributed by atoms with Gasteiger partial charge in [-0.2, -0.15) is 0 Å².